The Morgan fingerprint density at radius 2 is 1.94 bits per heavy atom. The summed E-state index contributed by atoms with van der Waals surface area (Å²) in [5.41, 5.74) is 10.0. The third-order valence-corrected chi connectivity index (χ3v) is 3.03. The molecule has 2 aromatic heterocycles. The molecule has 3 rings (SSSR count). The summed E-state index contributed by atoms with van der Waals surface area (Å²) in [6, 6.07) is 10.1. The minimum atomic E-state index is 0.554. The summed E-state index contributed by atoms with van der Waals surface area (Å²) < 4.78 is 0. The highest BCUT2D eigenvalue weighted by molar-refractivity contribution is 5.73. The van der Waals surface area contributed by atoms with Crippen LogP contribution >= 0.6 is 0 Å². The van der Waals surface area contributed by atoms with Gasteiger partial charge in [-0.2, -0.15) is 0 Å². The zero-order valence-corrected chi connectivity index (χ0v) is 9.93. The van der Waals surface area contributed by atoms with E-state index >= 15 is 0 Å². The number of benzene rings is 1. The van der Waals surface area contributed by atoms with Crippen LogP contribution in [0, 0.1) is 0 Å². The van der Waals surface area contributed by atoms with Crippen LogP contribution in [-0.2, 0) is 13.0 Å². The summed E-state index contributed by atoms with van der Waals surface area (Å²) >= 11 is 0. The molecule has 90 valence electrons. The second-order valence-electron chi connectivity index (χ2n) is 4.23. The number of nitrogens with one attached hydrogen (secondary N) is 1. The Balaban J connectivity index is 1.96. The van der Waals surface area contributed by atoms with Crippen molar-refractivity contribution in [2.45, 2.75) is 13.0 Å². The monoisotopic (exact) mass is 238 g/mol. The molecule has 0 radical (unpaired) electrons. The minimum absolute atomic E-state index is 0.554. The fourth-order valence-electron chi connectivity index (χ4n) is 2.10. The van der Waals surface area contributed by atoms with Crippen LogP contribution < -0.4 is 5.73 Å². The van der Waals surface area contributed by atoms with Gasteiger partial charge in [-0.15, -0.1) is 0 Å². The number of aromatic amines is 1. The average Bonchev–Trinajstić information content (AvgIpc) is 2.81. The maximum absolute atomic E-state index is 5.74. The zero-order chi connectivity index (χ0) is 12.4. The van der Waals surface area contributed by atoms with E-state index in [0.29, 0.717) is 6.54 Å². The van der Waals surface area contributed by atoms with E-state index in [1.54, 1.807) is 12.4 Å². The van der Waals surface area contributed by atoms with E-state index in [1.807, 2.05) is 18.2 Å². The summed E-state index contributed by atoms with van der Waals surface area (Å²) in [5.74, 6) is 0.943. The molecule has 0 atom stereocenters. The van der Waals surface area contributed by atoms with Gasteiger partial charge >= 0.3 is 0 Å². The number of imidazole rings is 1. The lowest BCUT2D eigenvalue weighted by molar-refractivity contribution is 0.977. The molecule has 0 saturated heterocycles. The zero-order valence-electron chi connectivity index (χ0n) is 9.93. The third-order valence-electron chi connectivity index (χ3n) is 3.03. The number of H-pyrrole nitrogens is 1. The van der Waals surface area contributed by atoms with Crippen molar-refractivity contribution in [3.05, 3.63) is 59.7 Å². The van der Waals surface area contributed by atoms with E-state index in [9.17, 15) is 0 Å². The molecule has 2 heterocycles. The SMILES string of the molecule is NCc1ccccc1Cc1nc2ccncc2[nH]1. The molecule has 0 unspecified atom stereocenters. The molecule has 0 spiro atoms. The molecule has 0 aliphatic rings. The number of nitrogens with zero attached hydrogens (tertiary/aromatic N) is 2. The van der Waals surface area contributed by atoms with Crippen molar-refractivity contribution in [1.82, 2.24) is 15.0 Å². The Bertz CT molecular complexity index is 639. The van der Waals surface area contributed by atoms with Crippen molar-refractivity contribution < 1.29 is 0 Å². The molecule has 0 amide bonds. The average molecular weight is 238 g/mol. The first-order valence-electron chi connectivity index (χ1n) is 5.92. The van der Waals surface area contributed by atoms with Crippen LogP contribution in [0.2, 0.25) is 0 Å². The number of fused-ring (bicyclic) bond motifs is 1. The van der Waals surface area contributed by atoms with Gasteiger partial charge in [0.15, 0.2) is 0 Å². The fraction of sp³-hybridized carbons (Fsp3) is 0.143. The summed E-state index contributed by atoms with van der Waals surface area (Å²) in [6.07, 6.45) is 4.31. The van der Waals surface area contributed by atoms with Gasteiger partial charge in [0.05, 0.1) is 17.2 Å². The van der Waals surface area contributed by atoms with Crippen LogP contribution in [0.3, 0.4) is 0 Å². The van der Waals surface area contributed by atoms with Gasteiger partial charge in [0, 0.05) is 19.2 Å². The molecule has 0 fully saturated rings. The number of hydrogen-bond donors (Lipinski definition) is 2. The predicted octanol–water partition coefficient (Wildman–Crippen LogP) is 2.01. The lowest BCUT2D eigenvalue weighted by Gasteiger charge is -2.05. The first-order chi connectivity index (χ1) is 8.86. The van der Waals surface area contributed by atoms with Crippen molar-refractivity contribution in [2.75, 3.05) is 0 Å². The van der Waals surface area contributed by atoms with E-state index in [2.05, 4.69) is 27.1 Å². The maximum atomic E-state index is 5.74. The number of hydrogen-bond acceptors (Lipinski definition) is 3. The first kappa shape index (κ1) is 10.9. The van der Waals surface area contributed by atoms with E-state index in [-0.39, 0.29) is 0 Å². The van der Waals surface area contributed by atoms with E-state index in [1.165, 1.54) is 5.56 Å². The van der Waals surface area contributed by atoms with Gasteiger partial charge < -0.3 is 10.7 Å². The quantitative estimate of drug-likeness (QED) is 0.733. The van der Waals surface area contributed by atoms with E-state index < -0.39 is 0 Å². The molecule has 4 heteroatoms. The highest BCUT2D eigenvalue weighted by Crippen LogP contribution is 2.15. The normalized spacial score (nSPS) is 10.9. The Hall–Kier alpha value is -2.20. The van der Waals surface area contributed by atoms with Gasteiger partial charge in [-0.3, -0.25) is 4.98 Å². The van der Waals surface area contributed by atoms with Crippen molar-refractivity contribution in [3.8, 4) is 0 Å². The molecule has 0 saturated carbocycles. The molecule has 4 nitrogen and oxygen atoms in total. The Morgan fingerprint density at radius 1 is 1.11 bits per heavy atom. The second-order valence-corrected chi connectivity index (χ2v) is 4.23. The molecule has 18 heavy (non-hydrogen) atoms. The highest BCUT2D eigenvalue weighted by atomic mass is 14.9. The van der Waals surface area contributed by atoms with Gasteiger partial charge in [-0.25, -0.2) is 4.98 Å². The second kappa shape index (κ2) is 4.58. The number of aromatic nitrogens is 3. The molecule has 3 N–H and O–H groups in total. The van der Waals surface area contributed by atoms with E-state index in [4.69, 9.17) is 5.73 Å². The summed E-state index contributed by atoms with van der Waals surface area (Å²) in [7, 11) is 0. The summed E-state index contributed by atoms with van der Waals surface area (Å²) in [6.45, 7) is 0.554. The van der Waals surface area contributed by atoms with Gasteiger partial charge in [-0.1, -0.05) is 24.3 Å². The molecule has 0 aliphatic carbocycles. The third kappa shape index (κ3) is 1.98. The molecular weight excluding hydrogens is 224 g/mol. The van der Waals surface area contributed by atoms with Gasteiger partial charge in [-0.05, 0) is 17.2 Å². The Labute approximate surface area is 105 Å². The van der Waals surface area contributed by atoms with Gasteiger partial charge in [0.2, 0.25) is 0 Å². The lowest BCUT2D eigenvalue weighted by Crippen LogP contribution is -2.02. The maximum Gasteiger partial charge on any atom is 0.111 e. The van der Waals surface area contributed by atoms with Crippen molar-refractivity contribution in [1.29, 1.82) is 0 Å². The number of rotatable bonds is 3. The summed E-state index contributed by atoms with van der Waals surface area (Å²) in [5, 5.41) is 0. The van der Waals surface area contributed by atoms with Crippen LogP contribution in [-0.4, -0.2) is 15.0 Å². The first-order valence-corrected chi connectivity index (χ1v) is 5.92. The van der Waals surface area contributed by atoms with Crippen LogP contribution in [0.25, 0.3) is 11.0 Å². The largest absolute Gasteiger partial charge is 0.340 e. The standard InChI is InChI=1S/C14H14N4/c15-8-11-4-2-1-3-10(11)7-14-17-12-5-6-16-9-13(12)18-14/h1-6,9H,7-8,15H2,(H,17,18). The van der Waals surface area contributed by atoms with Gasteiger partial charge in [0.1, 0.15) is 5.82 Å². The van der Waals surface area contributed by atoms with E-state index in [0.717, 1.165) is 28.8 Å². The van der Waals surface area contributed by atoms with Crippen LogP contribution in [0.15, 0.2) is 42.7 Å². The van der Waals surface area contributed by atoms with Crippen molar-refractivity contribution in [3.63, 3.8) is 0 Å². The topological polar surface area (TPSA) is 67.6 Å². The Morgan fingerprint density at radius 3 is 2.72 bits per heavy atom. The van der Waals surface area contributed by atoms with Crippen LogP contribution in [0.5, 0.6) is 0 Å². The predicted molar refractivity (Wildman–Crippen MR) is 71.0 cm³/mol. The van der Waals surface area contributed by atoms with Crippen molar-refractivity contribution >= 4 is 11.0 Å². The molecule has 0 aliphatic heterocycles. The fourth-order valence-corrected chi connectivity index (χ4v) is 2.10. The van der Waals surface area contributed by atoms with Crippen molar-refractivity contribution in [2.24, 2.45) is 5.73 Å². The molecule has 3 aromatic rings. The van der Waals surface area contributed by atoms with Crippen LogP contribution in [0.4, 0.5) is 0 Å². The summed E-state index contributed by atoms with van der Waals surface area (Å²) in [4.78, 5) is 11.9. The Kier molecular flexibility index (Phi) is 2.78. The van der Waals surface area contributed by atoms with Crippen LogP contribution in [0.1, 0.15) is 17.0 Å². The molecular formula is C14H14N4. The lowest BCUT2D eigenvalue weighted by atomic mass is 10.0. The number of pyridine rings is 1. The number of nitrogens with two attached hydrogens (primary N) is 1. The minimum Gasteiger partial charge on any atom is -0.340 e. The molecule has 0 bridgehead atoms. The molecule has 1 aromatic carbocycles. The highest BCUT2D eigenvalue weighted by Gasteiger charge is 2.06. The van der Waals surface area contributed by atoms with Gasteiger partial charge in [0.25, 0.3) is 0 Å². The smallest absolute Gasteiger partial charge is 0.111 e.